The topological polar surface area (TPSA) is 95.6 Å². The highest BCUT2D eigenvalue weighted by Crippen LogP contribution is 2.27. The van der Waals surface area contributed by atoms with Gasteiger partial charge in [-0.15, -0.1) is 0 Å². The maximum absolute atomic E-state index is 13.0. The van der Waals surface area contributed by atoms with Crippen molar-refractivity contribution >= 4 is 11.8 Å². The number of amides is 2. The van der Waals surface area contributed by atoms with Gasteiger partial charge < -0.3 is 15.0 Å². The summed E-state index contributed by atoms with van der Waals surface area (Å²) in [6.07, 6.45) is 5.29. The van der Waals surface area contributed by atoms with Crippen LogP contribution in [0.5, 0.6) is 5.75 Å². The van der Waals surface area contributed by atoms with E-state index < -0.39 is 0 Å². The van der Waals surface area contributed by atoms with Gasteiger partial charge in [0.2, 0.25) is 11.8 Å². The fraction of sp³-hybridized carbons (Fsp3) is 0.458. The Kier molecular flexibility index (Phi) is 7.34. The predicted molar refractivity (Wildman–Crippen MR) is 120 cm³/mol. The van der Waals surface area contributed by atoms with Crippen LogP contribution in [0.25, 0.3) is 0 Å². The van der Waals surface area contributed by atoms with E-state index in [0.717, 1.165) is 24.2 Å². The Hall–Kier alpha value is -2.97. The van der Waals surface area contributed by atoms with Crippen LogP contribution in [0.3, 0.4) is 0 Å². The summed E-state index contributed by atoms with van der Waals surface area (Å²) < 4.78 is 5.64. The van der Waals surface area contributed by atoms with Crippen molar-refractivity contribution in [2.75, 3.05) is 19.7 Å². The summed E-state index contributed by atoms with van der Waals surface area (Å²) in [7, 11) is 0. The van der Waals surface area contributed by atoms with Gasteiger partial charge in [-0.25, -0.2) is 10.9 Å². The number of aromatic nitrogens is 1. The first kappa shape index (κ1) is 22.2. The van der Waals surface area contributed by atoms with Crippen molar-refractivity contribution in [2.24, 2.45) is 11.8 Å². The number of para-hydroxylation sites is 1. The third-order valence-electron chi connectivity index (χ3n) is 6.28. The molecule has 3 N–H and O–H groups in total. The fourth-order valence-electron chi connectivity index (χ4n) is 4.38. The number of nitrogens with one attached hydrogen (secondary N) is 3. The molecule has 0 saturated carbocycles. The van der Waals surface area contributed by atoms with Crippen LogP contribution in [0.15, 0.2) is 54.9 Å². The van der Waals surface area contributed by atoms with Gasteiger partial charge in [0.25, 0.3) is 0 Å². The average Bonchev–Trinajstić information content (AvgIpc) is 3.20. The van der Waals surface area contributed by atoms with Crippen LogP contribution in [0.4, 0.5) is 0 Å². The third kappa shape index (κ3) is 5.44. The molecule has 4 rings (SSSR count). The number of likely N-dealkylation sites (tertiary alicyclic amines) is 1. The van der Waals surface area contributed by atoms with E-state index in [1.807, 2.05) is 42.5 Å². The van der Waals surface area contributed by atoms with Crippen LogP contribution in [-0.4, -0.2) is 47.6 Å². The standard InChI is InChI=1S/C24H31N5O3/c1-17-22(18-9-12-25-13-10-18)27-28-23(17)26-24(31)19-6-5-14-29(16-19)21(30)11-15-32-20-7-3-2-4-8-20/h2-4,7-10,12-13,17,19,22-23,27-28H,5-6,11,14-16H2,1H3,(H,26,31). The molecule has 2 aliphatic heterocycles. The van der Waals surface area contributed by atoms with Crippen molar-refractivity contribution in [3.8, 4) is 5.75 Å². The predicted octanol–water partition coefficient (Wildman–Crippen LogP) is 2.02. The Morgan fingerprint density at radius 2 is 1.94 bits per heavy atom. The summed E-state index contributed by atoms with van der Waals surface area (Å²) in [6, 6.07) is 13.5. The molecule has 2 amide bonds. The van der Waals surface area contributed by atoms with E-state index in [4.69, 9.17) is 4.74 Å². The molecule has 2 fully saturated rings. The summed E-state index contributed by atoms with van der Waals surface area (Å²) in [5, 5.41) is 3.13. The van der Waals surface area contributed by atoms with Crippen LogP contribution in [0.2, 0.25) is 0 Å². The highest BCUT2D eigenvalue weighted by atomic mass is 16.5. The molecule has 3 heterocycles. The Morgan fingerprint density at radius 1 is 1.16 bits per heavy atom. The molecule has 8 heteroatoms. The van der Waals surface area contributed by atoms with Crippen LogP contribution in [0, 0.1) is 11.8 Å². The second kappa shape index (κ2) is 10.6. The summed E-state index contributed by atoms with van der Waals surface area (Å²) in [5.74, 6) is 0.748. The van der Waals surface area contributed by atoms with Crippen molar-refractivity contribution in [3.05, 3.63) is 60.4 Å². The number of hydrogen-bond donors (Lipinski definition) is 3. The lowest BCUT2D eigenvalue weighted by atomic mass is 9.93. The Balaban J connectivity index is 1.25. The first-order valence-corrected chi connectivity index (χ1v) is 11.3. The fourth-order valence-corrected chi connectivity index (χ4v) is 4.38. The van der Waals surface area contributed by atoms with Gasteiger partial charge in [-0.2, -0.15) is 0 Å². The Bertz CT molecular complexity index is 895. The molecule has 170 valence electrons. The number of ether oxygens (including phenoxy) is 1. The molecule has 2 saturated heterocycles. The third-order valence-corrected chi connectivity index (χ3v) is 6.28. The van der Waals surface area contributed by atoms with Crippen LogP contribution in [0.1, 0.15) is 37.8 Å². The molecule has 1 aromatic carbocycles. The number of nitrogens with zero attached hydrogens (tertiary/aromatic N) is 2. The van der Waals surface area contributed by atoms with Gasteiger partial charge in [0.1, 0.15) is 5.75 Å². The molecule has 0 bridgehead atoms. The minimum atomic E-state index is -0.197. The molecule has 4 atom stereocenters. The molecule has 0 aliphatic carbocycles. The molecule has 4 unspecified atom stereocenters. The highest BCUT2D eigenvalue weighted by molar-refractivity contribution is 5.81. The van der Waals surface area contributed by atoms with E-state index >= 15 is 0 Å². The van der Waals surface area contributed by atoms with E-state index in [9.17, 15) is 9.59 Å². The van der Waals surface area contributed by atoms with Gasteiger partial charge in [-0.1, -0.05) is 25.1 Å². The van der Waals surface area contributed by atoms with Crippen molar-refractivity contribution in [1.29, 1.82) is 0 Å². The highest BCUT2D eigenvalue weighted by Gasteiger charge is 2.36. The maximum Gasteiger partial charge on any atom is 0.226 e. The van der Waals surface area contributed by atoms with Crippen molar-refractivity contribution in [3.63, 3.8) is 0 Å². The van der Waals surface area contributed by atoms with E-state index in [0.29, 0.717) is 26.1 Å². The first-order chi connectivity index (χ1) is 15.6. The lowest BCUT2D eigenvalue weighted by Crippen LogP contribution is -2.52. The second-order valence-electron chi connectivity index (χ2n) is 8.48. The Morgan fingerprint density at radius 3 is 2.72 bits per heavy atom. The van der Waals surface area contributed by atoms with Crippen LogP contribution in [-0.2, 0) is 9.59 Å². The van der Waals surface area contributed by atoms with E-state index in [-0.39, 0.29) is 35.9 Å². The number of hydrazine groups is 1. The molecule has 2 aliphatic rings. The average molecular weight is 438 g/mol. The summed E-state index contributed by atoms with van der Waals surface area (Å²) in [4.78, 5) is 31.5. The zero-order chi connectivity index (χ0) is 22.3. The monoisotopic (exact) mass is 437 g/mol. The van der Waals surface area contributed by atoms with Crippen molar-refractivity contribution in [1.82, 2.24) is 26.1 Å². The van der Waals surface area contributed by atoms with Gasteiger partial charge >= 0.3 is 0 Å². The lowest BCUT2D eigenvalue weighted by Gasteiger charge is -2.33. The number of benzene rings is 1. The molecule has 0 spiro atoms. The van der Waals surface area contributed by atoms with Crippen LogP contribution < -0.4 is 20.9 Å². The minimum absolute atomic E-state index is 0.00966. The van der Waals surface area contributed by atoms with Crippen LogP contribution >= 0.6 is 0 Å². The number of carbonyl (C=O) groups excluding carboxylic acids is 2. The largest absolute Gasteiger partial charge is 0.493 e. The normalized spacial score (nSPS) is 25.3. The molecule has 1 aromatic heterocycles. The van der Waals surface area contributed by atoms with Gasteiger partial charge in [0.15, 0.2) is 0 Å². The number of carbonyl (C=O) groups is 2. The second-order valence-corrected chi connectivity index (χ2v) is 8.48. The molecule has 32 heavy (non-hydrogen) atoms. The van der Waals surface area contributed by atoms with E-state index in [1.165, 1.54) is 0 Å². The summed E-state index contributed by atoms with van der Waals surface area (Å²) >= 11 is 0. The number of piperidine rings is 1. The maximum atomic E-state index is 13.0. The molecule has 2 aromatic rings. The van der Waals surface area contributed by atoms with Crippen molar-refractivity contribution < 1.29 is 14.3 Å². The summed E-state index contributed by atoms with van der Waals surface area (Å²) in [5.41, 5.74) is 7.61. The van der Waals surface area contributed by atoms with Gasteiger partial charge in [-0.05, 0) is 42.7 Å². The molecule has 0 radical (unpaired) electrons. The first-order valence-electron chi connectivity index (χ1n) is 11.3. The van der Waals surface area contributed by atoms with Gasteiger partial charge in [-0.3, -0.25) is 14.6 Å². The summed E-state index contributed by atoms with van der Waals surface area (Å²) in [6.45, 7) is 3.59. The van der Waals surface area contributed by atoms with E-state index in [1.54, 1.807) is 17.3 Å². The minimum Gasteiger partial charge on any atom is -0.493 e. The SMILES string of the molecule is CC1C(NC(=O)C2CCCN(C(=O)CCOc3ccccc3)C2)NNC1c1ccncc1. The number of hydrogen-bond acceptors (Lipinski definition) is 6. The van der Waals surface area contributed by atoms with E-state index in [2.05, 4.69) is 28.1 Å². The molecule has 8 nitrogen and oxygen atoms in total. The van der Waals surface area contributed by atoms with Gasteiger partial charge in [0.05, 0.1) is 31.2 Å². The zero-order valence-electron chi connectivity index (χ0n) is 18.4. The molecular formula is C24H31N5O3. The van der Waals surface area contributed by atoms with Gasteiger partial charge in [0, 0.05) is 31.4 Å². The smallest absolute Gasteiger partial charge is 0.226 e. The quantitative estimate of drug-likeness (QED) is 0.613. The zero-order valence-corrected chi connectivity index (χ0v) is 18.4. The Labute approximate surface area is 188 Å². The number of rotatable bonds is 7. The number of pyridine rings is 1. The van der Waals surface area contributed by atoms with Crippen molar-refractivity contribution in [2.45, 2.75) is 38.4 Å². The lowest BCUT2D eigenvalue weighted by molar-refractivity contribution is -0.136. The molecular weight excluding hydrogens is 406 g/mol.